The van der Waals surface area contributed by atoms with Crippen LogP contribution < -0.4 is 10.6 Å². The summed E-state index contributed by atoms with van der Waals surface area (Å²) in [5.41, 5.74) is 3.67. The predicted molar refractivity (Wildman–Crippen MR) is 126 cm³/mol. The van der Waals surface area contributed by atoms with Crippen LogP contribution >= 0.6 is 35.3 Å². The van der Waals surface area contributed by atoms with E-state index in [1.54, 1.807) is 11.3 Å². The van der Waals surface area contributed by atoms with E-state index in [2.05, 4.69) is 44.2 Å². The van der Waals surface area contributed by atoms with Crippen LogP contribution in [0.5, 0.6) is 0 Å². The average Bonchev–Trinajstić information content (AvgIpc) is 3.10. The Labute approximate surface area is 187 Å². The number of carbonyl (C=O) groups excluding carboxylic acids is 1. The van der Waals surface area contributed by atoms with Gasteiger partial charge >= 0.3 is 0 Å². The normalized spacial score (nSPS) is 13.5. The molecule has 1 aliphatic heterocycles. The molecule has 152 valence electrons. The molecule has 0 fully saturated rings. The van der Waals surface area contributed by atoms with Gasteiger partial charge in [0.25, 0.3) is 0 Å². The zero-order chi connectivity index (χ0) is 19.1. The van der Waals surface area contributed by atoms with Crippen LogP contribution in [0.1, 0.15) is 28.8 Å². The van der Waals surface area contributed by atoms with Crippen LogP contribution in [-0.2, 0) is 24.2 Å². The second-order valence-corrected chi connectivity index (χ2v) is 7.63. The van der Waals surface area contributed by atoms with Crippen LogP contribution in [0, 0.1) is 6.92 Å². The first-order chi connectivity index (χ1) is 13.2. The molecule has 1 aliphatic rings. The summed E-state index contributed by atoms with van der Waals surface area (Å²) in [4.78, 5) is 23.4. The zero-order valence-electron chi connectivity index (χ0n) is 16.4. The first-order valence-electron chi connectivity index (χ1n) is 9.43. The molecular weight excluding hydrogens is 485 g/mol. The predicted octanol–water partition coefficient (Wildman–Crippen LogP) is 2.75. The van der Waals surface area contributed by atoms with Crippen LogP contribution in [0.25, 0.3) is 0 Å². The number of aromatic nitrogens is 1. The van der Waals surface area contributed by atoms with Gasteiger partial charge in [-0.05, 0) is 31.4 Å². The molecule has 0 bridgehead atoms. The first kappa shape index (κ1) is 22.6. The van der Waals surface area contributed by atoms with Gasteiger partial charge in [-0.1, -0.05) is 24.3 Å². The Hall–Kier alpha value is -1.68. The van der Waals surface area contributed by atoms with Gasteiger partial charge in [0.15, 0.2) is 5.96 Å². The van der Waals surface area contributed by atoms with E-state index in [9.17, 15) is 4.79 Å². The maximum absolute atomic E-state index is 12.6. The minimum atomic E-state index is 0. The molecule has 1 aromatic carbocycles. The number of benzene rings is 1. The molecule has 2 N–H and O–H groups in total. The van der Waals surface area contributed by atoms with E-state index in [0.717, 1.165) is 43.2 Å². The topological polar surface area (TPSA) is 69.6 Å². The summed E-state index contributed by atoms with van der Waals surface area (Å²) in [5.74, 6) is 0.743. The van der Waals surface area contributed by atoms with Gasteiger partial charge in [-0.25, -0.2) is 9.98 Å². The summed E-state index contributed by atoms with van der Waals surface area (Å²) < 4.78 is 0. The Bertz CT molecular complexity index is 807. The highest BCUT2D eigenvalue weighted by Crippen LogP contribution is 2.18. The Kier molecular flexibility index (Phi) is 9.17. The Morgan fingerprint density at radius 3 is 2.79 bits per heavy atom. The molecule has 6 nitrogen and oxygen atoms in total. The van der Waals surface area contributed by atoms with E-state index in [0.29, 0.717) is 12.5 Å². The first-order valence-corrected chi connectivity index (χ1v) is 10.3. The summed E-state index contributed by atoms with van der Waals surface area (Å²) in [7, 11) is 0. The number of nitrogens with one attached hydrogen (secondary N) is 2. The molecule has 0 atom stereocenters. The van der Waals surface area contributed by atoms with E-state index < -0.39 is 0 Å². The quantitative estimate of drug-likeness (QED) is 0.354. The molecule has 8 heteroatoms. The van der Waals surface area contributed by atoms with Crippen molar-refractivity contribution < 1.29 is 4.79 Å². The van der Waals surface area contributed by atoms with E-state index >= 15 is 0 Å². The van der Waals surface area contributed by atoms with Gasteiger partial charge in [0.05, 0.1) is 10.7 Å². The lowest BCUT2D eigenvalue weighted by atomic mass is 10.00. The maximum atomic E-state index is 12.6. The van der Waals surface area contributed by atoms with Gasteiger partial charge in [0.2, 0.25) is 5.91 Å². The van der Waals surface area contributed by atoms with Crippen molar-refractivity contribution in [3.05, 3.63) is 51.5 Å². The molecule has 28 heavy (non-hydrogen) atoms. The highest BCUT2D eigenvalue weighted by molar-refractivity contribution is 14.0. The van der Waals surface area contributed by atoms with Gasteiger partial charge < -0.3 is 15.5 Å². The van der Waals surface area contributed by atoms with Crippen molar-refractivity contribution in [2.24, 2.45) is 4.99 Å². The number of aliphatic imine (C=N–C) groups is 1. The van der Waals surface area contributed by atoms with Crippen molar-refractivity contribution >= 4 is 47.2 Å². The highest BCUT2D eigenvalue weighted by atomic mass is 127. The third-order valence-corrected chi connectivity index (χ3v) is 5.36. The number of hydrogen-bond acceptors (Lipinski definition) is 4. The second-order valence-electron chi connectivity index (χ2n) is 6.56. The van der Waals surface area contributed by atoms with Crippen molar-refractivity contribution in [1.82, 2.24) is 20.5 Å². The fourth-order valence-corrected chi connectivity index (χ4v) is 3.78. The van der Waals surface area contributed by atoms with Crippen molar-refractivity contribution in [1.29, 1.82) is 0 Å². The maximum Gasteiger partial charge on any atom is 0.244 e. The molecule has 1 aromatic heterocycles. The van der Waals surface area contributed by atoms with E-state index in [1.807, 2.05) is 24.8 Å². The Morgan fingerprint density at radius 1 is 1.29 bits per heavy atom. The zero-order valence-corrected chi connectivity index (χ0v) is 19.5. The minimum absolute atomic E-state index is 0. The minimum Gasteiger partial charge on any atom is -0.357 e. The number of thiazole rings is 1. The van der Waals surface area contributed by atoms with E-state index in [4.69, 9.17) is 0 Å². The molecule has 0 radical (unpaired) electrons. The Balaban J connectivity index is 0.00000280. The SMILES string of the molecule is CCNC(=NCC(=O)N1CCc2ccccc2C1)NCCc1csc(C)n1.I. The second kappa shape index (κ2) is 11.4. The molecule has 3 rings (SSSR count). The molecule has 2 aromatic rings. The lowest BCUT2D eigenvalue weighted by molar-refractivity contribution is -0.130. The number of amides is 1. The van der Waals surface area contributed by atoms with Crippen LogP contribution in [-0.4, -0.2) is 47.9 Å². The molecule has 0 spiro atoms. The average molecular weight is 513 g/mol. The summed E-state index contributed by atoms with van der Waals surface area (Å²) >= 11 is 1.66. The summed E-state index contributed by atoms with van der Waals surface area (Å²) in [6.07, 6.45) is 1.75. The fourth-order valence-electron chi connectivity index (χ4n) is 3.13. The van der Waals surface area contributed by atoms with E-state index in [-0.39, 0.29) is 36.4 Å². The van der Waals surface area contributed by atoms with Gasteiger partial charge in [-0.15, -0.1) is 35.3 Å². The summed E-state index contributed by atoms with van der Waals surface area (Å²) in [5, 5.41) is 9.65. The van der Waals surface area contributed by atoms with E-state index in [1.165, 1.54) is 11.1 Å². The molecule has 2 heterocycles. The molecule has 0 unspecified atom stereocenters. The molecule has 0 saturated heterocycles. The van der Waals surface area contributed by atoms with Crippen molar-refractivity contribution in [3.8, 4) is 0 Å². The molecular formula is C20H28IN5OS. The third kappa shape index (κ3) is 6.44. The van der Waals surface area contributed by atoms with Crippen LogP contribution in [0.15, 0.2) is 34.6 Å². The lowest BCUT2D eigenvalue weighted by Crippen LogP contribution is -2.41. The summed E-state index contributed by atoms with van der Waals surface area (Å²) in [6.45, 7) is 7.12. The van der Waals surface area contributed by atoms with Crippen LogP contribution in [0.4, 0.5) is 0 Å². The fraction of sp³-hybridized carbons (Fsp3) is 0.450. The number of nitrogens with zero attached hydrogens (tertiary/aromatic N) is 3. The molecule has 0 saturated carbocycles. The van der Waals surface area contributed by atoms with Gasteiger partial charge in [0, 0.05) is 38.0 Å². The number of hydrogen-bond donors (Lipinski definition) is 2. The Morgan fingerprint density at radius 2 is 2.07 bits per heavy atom. The van der Waals surface area contributed by atoms with Gasteiger partial charge in [0.1, 0.15) is 6.54 Å². The number of aryl methyl sites for hydroxylation is 1. The monoisotopic (exact) mass is 513 g/mol. The largest absolute Gasteiger partial charge is 0.357 e. The van der Waals surface area contributed by atoms with Crippen LogP contribution in [0.3, 0.4) is 0 Å². The highest BCUT2D eigenvalue weighted by Gasteiger charge is 2.19. The standard InChI is InChI=1S/C20H27N5OS.HI/c1-3-21-20(22-10-8-18-14-27-15(2)24-18)23-12-19(26)25-11-9-16-6-4-5-7-17(16)13-25;/h4-7,14H,3,8-13H2,1-2H3,(H2,21,22,23);1H. The van der Waals surface area contributed by atoms with Crippen molar-refractivity contribution in [2.75, 3.05) is 26.2 Å². The molecule has 0 aliphatic carbocycles. The third-order valence-electron chi connectivity index (χ3n) is 4.54. The number of guanidine groups is 1. The summed E-state index contributed by atoms with van der Waals surface area (Å²) in [6, 6.07) is 8.33. The smallest absolute Gasteiger partial charge is 0.244 e. The van der Waals surface area contributed by atoms with Crippen LogP contribution in [0.2, 0.25) is 0 Å². The van der Waals surface area contributed by atoms with Crippen molar-refractivity contribution in [2.45, 2.75) is 33.2 Å². The van der Waals surface area contributed by atoms with Gasteiger partial charge in [-0.3, -0.25) is 4.79 Å². The number of fused-ring (bicyclic) bond motifs is 1. The number of carbonyl (C=O) groups is 1. The lowest BCUT2D eigenvalue weighted by Gasteiger charge is -2.28. The van der Waals surface area contributed by atoms with Gasteiger partial charge in [-0.2, -0.15) is 0 Å². The number of rotatable bonds is 6. The number of halogens is 1. The molecule has 1 amide bonds. The van der Waals surface area contributed by atoms with Crippen molar-refractivity contribution in [3.63, 3.8) is 0 Å².